The number of benzene rings is 2. The number of thiophene rings is 1. The maximum atomic E-state index is 13.5. The number of amides is 3. The third-order valence-corrected chi connectivity index (χ3v) is 7.67. The molecule has 0 saturated heterocycles. The molecule has 190 valence electrons. The summed E-state index contributed by atoms with van der Waals surface area (Å²) in [6.45, 7) is 7.53. The van der Waals surface area contributed by atoms with Gasteiger partial charge in [-0.05, 0) is 72.2 Å². The van der Waals surface area contributed by atoms with Crippen LogP contribution in [0, 0.1) is 0 Å². The SMILES string of the molecule is CCN(CC(=O)N1CCc2sccc2C1COc1ccc(C(C)C)cc1)C(=O)Nc1cccc(Cl)c1. The molecule has 2 heterocycles. The van der Waals surface area contributed by atoms with Gasteiger partial charge in [-0.15, -0.1) is 11.3 Å². The Balaban J connectivity index is 1.45. The Morgan fingerprint density at radius 1 is 1.19 bits per heavy atom. The van der Waals surface area contributed by atoms with Crippen molar-refractivity contribution in [1.29, 1.82) is 0 Å². The van der Waals surface area contributed by atoms with Crippen LogP contribution in [-0.2, 0) is 11.2 Å². The molecule has 0 fully saturated rings. The monoisotopic (exact) mass is 525 g/mol. The van der Waals surface area contributed by atoms with Gasteiger partial charge in [-0.2, -0.15) is 0 Å². The van der Waals surface area contributed by atoms with Crippen molar-refractivity contribution < 1.29 is 14.3 Å². The molecule has 0 spiro atoms. The van der Waals surface area contributed by atoms with E-state index < -0.39 is 0 Å². The predicted molar refractivity (Wildman–Crippen MR) is 146 cm³/mol. The Morgan fingerprint density at radius 2 is 1.97 bits per heavy atom. The molecule has 0 radical (unpaired) electrons. The lowest BCUT2D eigenvalue weighted by Crippen LogP contribution is -2.48. The normalized spacial score (nSPS) is 14.9. The fraction of sp³-hybridized carbons (Fsp3) is 0.357. The zero-order valence-corrected chi connectivity index (χ0v) is 22.4. The van der Waals surface area contributed by atoms with Gasteiger partial charge in [0, 0.05) is 28.7 Å². The summed E-state index contributed by atoms with van der Waals surface area (Å²) >= 11 is 7.75. The molecule has 0 saturated carbocycles. The van der Waals surface area contributed by atoms with Crippen LogP contribution in [0.25, 0.3) is 0 Å². The van der Waals surface area contributed by atoms with Crippen LogP contribution in [0.5, 0.6) is 5.75 Å². The van der Waals surface area contributed by atoms with Crippen LogP contribution >= 0.6 is 22.9 Å². The first-order valence-corrected chi connectivity index (χ1v) is 13.5. The Bertz CT molecular complexity index is 1190. The maximum Gasteiger partial charge on any atom is 0.322 e. The molecular formula is C28H32ClN3O3S. The summed E-state index contributed by atoms with van der Waals surface area (Å²) in [6, 6.07) is 16.6. The first kappa shape index (κ1) is 26.0. The van der Waals surface area contributed by atoms with E-state index >= 15 is 0 Å². The molecule has 1 aliphatic rings. The van der Waals surface area contributed by atoms with Crippen LogP contribution in [0.1, 0.15) is 48.7 Å². The number of nitrogens with zero attached hydrogens (tertiary/aromatic N) is 2. The number of fused-ring (bicyclic) bond motifs is 1. The maximum absolute atomic E-state index is 13.5. The summed E-state index contributed by atoms with van der Waals surface area (Å²) in [5, 5.41) is 5.44. The van der Waals surface area contributed by atoms with E-state index in [1.807, 2.05) is 24.0 Å². The highest BCUT2D eigenvalue weighted by Crippen LogP contribution is 2.34. The average molecular weight is 526 g/mol. The number of rotatable bonds is 8. The quantitative estimate of drug-likeness (QED) is 0.361. The number of hydrogen-bond donors (Lipinski definition) is 1. The first-order chi connectivity index (χ1) is 17.4. The molecule has 0 bridgehead atoms. The van der Waals surface area contributed by atoms with E-state index in [9.17, 15) is 9.59 Å². The van der Waals surface area contributed by atoms with Crippen LogP contribution in [0.15, 0.2) is 60.0 Å². The van der Waals surface area contributed by atoms with Gasteiger partial charge in [0.25, 0.3) is 0 Å². The van der Waals surface area contributed by atoms with Gasteiger partial charge in [-0.3, -0.25) is 4.79 Å². The molecule has 6 nitrogen and oxygen atoms in total. The van der Waals surface area contributed by atoms with Crippen molar-refractivity contribution in [3.05, 3.63) is 81.0 Å². The average Bonchev–Trinajstić information content (AvgIpc) is 3.35. The highest BCUT2D eigenvalue weighted by atomic mass is 35.5. The molecule has 4 rings (SSSR count). The lowest BCUT2D eigenvalue weighted by Gasteiger charge is -2.37. The van der Waals surface area contributed by atoms with Crippen molar-refractivity contribution in [2.24, 2.45) is 0 Å². The number of anilines is 1. The van der Waals surface area contributed by atoms with Crippen LogP contribution in [0.3, 0.4) is 0 Å². The molecule has 3 aromatic rings. The third-order valence-electron chi connectivity index (χ3n) is 6.44. The Hall–Kier alpha value is -3.03. The van der Waals surface area contributed by atoms with Gasteiger partial charge in [0.15, 0.2) is 0 Å². The molecule has 3 amide bonds. The molecule has 1 aromatic heterocycles. The minimum absolute atomic E-state index is 0.0119. The van der Waals surface area contributed by atoms with Crippen molar-refractivity contribution >= 4 is 40.6 Å². The number of urea groups is 1. The van der Waals surface area contributed by atoms with E-state index in [0.29, 0.717) is 36.3 Å². The molecule has 36 heavy (non-hydrogen) atoms. The number of nitrogens with one attached hydrogen (secondary N) is 1. The minimum atomic E-state index is -0.334. The minimum Gasteiger partial charge on any atom is -0.491 e. The van der Waals surface area contributed by atoms with Gasteiger partial charge in [-0.1, -0.05) is 43.6 Å². The van der Waals surface area contributed by atoms with Crippen LogP contribution in [0.4, 0.5) is 10.5 Å². The van der Waals surface area contributed by atoms with E-state index in [4.69, 9.17) is 16.3 Å². The largest absolute Gasteiger partial charge is 0.491 e. The summed E-state index contributed by atoms with van der Waals surface area (Å²) < 4.78 is 6.16. The van der Waals surface area contributed by atoms with E-state index in [0.717, 1.165) is 17.7 Å². The number of ether oxygens (including phenoxy) is 1. The Labute approximate surface area is 221 Å². The fourth-order valence-corrected chi connectivity index (χ4v) is 5.47. The second-order valence-electron chi connectivity index (χ2n) is 9.14. The predicted octanol–water partition coefficient (Wildman–Crippen LogP) is 6.58. The highest BCUT2D eigenvalue weighted by Gasteiger charge is 2.33. The zero-order chi connectivity index (χ0) is 25.7. The molecule has 1 atom stereocenters. The van der Waals surface area contributed by atoms with Gasteiger partial charge in [0.05, 0.1) is 6.04 Å². The second kappa shape index (κ2) is 11.8. The van der Waals surface area contributed by atoms with E-state index in [2.05, 4.69) is 42.7 Å². The number of halogens is 1. The molecular weight excluding hydrogens is 494 g/mol. The Morgan fingerprint density at radius 3 is 2.67 bits per heavy atom. The van der Waals surface area contributed by atoms with Gasteiger partial charge in [0.1, 0.15) is 18.9 Å². The summed E-state index contributed by atoms with van der Waals surface area (Å²) in [5.74, 6) is 1.14. The number of carbonyl (C=O) groups is 2. The molecule has 2 aromatic carbocycles. The first-order valence-electron chi connectivity index (χ1n) is 12.3. The van der Waals surface area contributed by atoms with Gasteiger partial charge in [0.2, 0.25) is 5.91 Å². The summed E-state index contributed by atoms with van der Waals surface area (Å²) in [6.07, 6.45) is 0.805. The zero-order valence-electron chi connectivity index (χ0n) is 20.9. The smallest absolute Gasteiger partial charge is 0.322 e. The van der Waals surface area contributed by atoms with Crippen molar-refractivity contribution in [2.75, 3.05) is 31.6 Å². The Kier molecular flexibility index (Phi) is 8.54. The second-order valence-corrected chi connectivity index (χ2v) is 10.6. The summed E-state index contributed by atoms with van der Waals surface area (Å²) in [4.78, 5) is 31.0. The summed E-state index contributed by atoms with van der Waals surface area (Å²) in [7, 11) is 0. The van der Waals surface area contributed by atoms with E-state index in [1.165, 1.54) is 15.3 Å². The molecule has 1 N–H and O–H groups in total. The van der Waals surface area contributed by atoms with E-state index in [-0.39, 0.29) is 24.5 Å². The highest BCUT2D eigenvalue weighted by molar-refractivity contribution is 7.10. The van der Waals surface area contributed by atoms with Crippen molar-refractivity contribution in [2.45, 2.75) is 39.2 Å². The fourth-order valence-electron chi connectivity index (χ4n) is 4.35. The lowest BCUT2D eigenvalue weighted by molar-refractivity contribution is -0.135. The van der Waals surface area contributed by atoms with Crippen LogP contribution < -0.4 is 10.1 Å². The number of hydrogen-bond acceptors (Lipinski definition) is 4. The van der Waals surface area contributed by atoms with E-state index in [1.54, 1.807) is 35.6 Å². The van der Waals surface area contributed by atoms with Crippen molar-refractivity contribution in [1.82, 2.24) is 9.80 Å². The topological polar surface area (TPSA) is 61.9 Å². The lowest BCUT2D eigenvalue weighted by atomic mass is 10.00. The molecule has 1 unspecified atom stereocenters. The molecule has 1 aliphatic heterocycles. The third kappa shape index (κ3) is 6.20. The van der Waals surface area contributed by atoms with Gasteiger partial charge in [-0.25, -0.2) is 4.79 Å². The number of likely N-dealkylation sites (N-methyl/N-ethyl adjacent to an activating group) is 1. The van der Waals surface area contributed by atoms with Gasteiger partial charge < -0.3 is 19.9 Å². The summed E-state index contributed by atoms with van der Waals surface area (Å²) in [5.41, 5.74) is 2.98. The van der Waals surface area contributed by atoms with Crippen molar-refractivity contribution in [3.63, 3.8) is 0 Å². The van der Waals surface area contributed by atoms with Crippen LogP contribution in [0.2, 0.25) is 5.02 Å². The molecule has 8 heteroatoms. The number of carbonyl (C=O) groups excluding carboxylic acids is 2. The molecule has 0 aliphatic carbocycles. The van der Waals surface area contributed by atoms with Crippen LogP contribution in [-0.4, -0.2) is 48.0 Å². The standard InChI is InChI=1S/C28H32ClN3O3S/c1-4-31(28(34)30-22-7-5-6-21(29)16-22)17-27(33)32-14-12-26-24(13-15-36-26)25(32)18-35-23-10-8-20(9-11-23)19(2)3/h5-11,13,15-16,19,25H,4,12,14,17-18H2,1-3H3,(H,30,34). The van der Waals surface area contributed by atoms with Crippen molar-refractivity contribution in [3.8, 4) is 5.75 Å². The van der Waals surface area contributed by atoms with Gasteiger partial charge >= 0.3 is 6.03 Å².